The van der Waals surface area contributed by atoms with Gasteiger partial charge in [0.15, 0.2) is 0 Å². The van der Waals surface area contributed by atoms with E-state index in [1.807, 2.05) is 0 Å². The highest BCUT2D eigenvalue weighted by Crippen LogP contribution is 2.12. The van der Waals surface area contributed by atoms with E-state index in [1.165, 1.54) is 38.1 Å². The van der Waals surface area contributed by atoms with E-state index in [-0.39, 0.29) is 18.6 Å². The van der Waals surface area contributed by atoms with Gasteiger partial charge < -0.3 is 63.6 Å². The second-order valence-corrected chi connectivity index (χ2v) is 12.0. The number of amides is 6. The lowest BCUT2D eigenvalue weighted by Gasteiger charge is -2.27. The molecule has 6 atom stereocenters. The summed E-state index contributed by atoms with van der Waals surface area (Å²) < 4.78 is 0. The predicted molar refractivity (Wildman–Crippen MR) is 177 cm³/mol. The molecule has 0 radical (unpaired) electrons. The molecule has 0 aliphatic rings. The van der Waals surface area contributed by atoms with E-state index in [9.17, 15) is 63.6 Å². The van der Waals surface area contributed by atoms with Crippen LogP contribution in [0, 0.1) is 5.92 Å². The maximum atomic E-state index is 13.4. The number of aliphatic hydroxyl groups excluding tert-OH is 1. The number of hydrogen-bond donors (Lipinski definition) is 12. The van der Waals surface area contributed by atoms with Crippen LogP contribution in [0.3, 0.4) is 0 Å². The first-order chi connectivity index (χ1) is 24.2. The number of phenols is 1. The molecule has 0 spiro atoms. The first kappa shape index (κ1) is 44.2. The van der Waals surface area contributed by atoms with E-state index >= 15 is 0 Å². The number of carboxylic acids is 3. The Hall–Kier alpha value is -5.83. The molecule has 6 amide bonds. The highest BCUT2D eigenvalue weighted by Gasteiger charge is 2.34. The Morgan fingerprint density at radius 2 is 1.13 bits per heavy atom. The van der Waals surface area contributed by atoms with Gasteiger partial charge in [-0.15, -0.1) is 0 Å². The van der Waals surface area contributed by atoms with Gasteiger partial charge in [0.25, 0.3) is 0 Å². The van der Waals surface area contributed by atoms with Gasteiger partial charge in [0.2, 0.25) is 35.4 Å². The number of aliphatic carboxylic acids is 3. The number of carbonyl (C=O) groups is 9. The number of phenolic OH excluding ortho intramolecular Hbond substituents is 1. The Balaban J connectivity index is 3.17. The van der Waals surface area contributed by atoms with Gasteiger partial charge in [-0.3, -0.25) is 38.4 Å². The zero-order valence-electron chi connectivity index (χ0n) is 28.4. The third-order valence-corrected chi connectivity index (χ3v) is 7.38. The van der Waals surface area contributed by atoms with Crippen LogP contribution in [0.4, 0.5) is 0 Å². The average Bonchev–Trinajstić information content (AvgIpc) is 3.05. The average molecular weight is 740 g/mol. The minimum absolute atomic E-state index is 0.0646. The van der Waals surface area contributed by atoms with Crippen LogP contribution in [-0.4, -0.2) is 122 Å². The number of aliphatic hydroxyl groups is 1. The molecule has 52 heavy (non-hydrogen) atoms. The Morgan fingerprint density at radius 1 is 0.654 bits per heavy atom. The quantitative estimate of drug-likeness (QED) is 0.0509. The summed E-state index contributed by atoms with van der Waals surface area (Å²) in [5.74, 6) is -11.4. The second kappa shape index (κ2) is 21.4. The standard InChI is InChI=1S/C31H45N7O14/c1-14(2)25(30(50)36-20(31(51)52)11-15-3-5-16(40)6-4-15)38-28(48)19(12-22(33)41)35-27(47)18(8-10-24(44)45)34-29(49)21(13-39)37-26(46)17(32)7-9-23(42)43/h3-6,14,17-21,25,39-40H,7-13,32H2,1-2H3,(H2,33,41)(H,34,49)(H,35,47)(H,36,50)(H,37,46)(H,38,48)(H,42,43)(H,44,45)(H,51,52). The van der Waals surface area contributed by atoms with E-state index < -0.39 is 128 Å². The predicted octanol–water partition coefficient (Wildman–Crippen LogP) is -3.98. The number of aromatic hydroxyl groups is 1. The van der Waals surface area contributed by atoms with Gasteiger partial charge in [0, 0.05) is 19.3 Å². The SMILES string of the molecule is CC(C)C(NC(=O)C(CC(N)=O)NC(=O)C(CCC(=O)O)NC(=O)C(CO)NC(=O)C(N)CCC(=O)O)C(=O)NC(Cc1ccc(O)cc1)C(=O)O. The van der Waals surface area contributed by atoms with Gasteiger partial charge in [0.05, 0.1) is 19.1 Å². The summed E-state index contributed by atoms with van der Waals surface area (Å²) in [6.07, 6.45) is -3.11. The summed E-state index contributed by atoms with van der Waals surface area (Å²) in [6, 6.07) is -4.00. The minimum atomic E-state index is -1.80. The molecule has 0 heterocycles. The molecule has 0 fully saturated rings. The lowest BCUT2D eigenvalue weighted by molar-refractivity contribution is -0.143. The van der Waals surface area contributed by atoms with Gasteiger partial charge in [-0.1, -0.05) is 26.0 Å². The highest BCUT2D eigenvalue weighted by molar-refractivity contribution is 5.98. The van der Waals surface area contributed by atoms with Crippen molar-refractivity contribution in [2.24, 2.45) is 17.4 Å². The zero-order valence-corrected chi connectivity index (χ0v) is 28.4. The number of rotatable bonds is 23. The monoisotopic (exact) mass is 739 g/mol. The van der Waals surface area contributed by atoms with Crippen molar-refractivity contribution in [2.75, 3.05) is 6.61 Å². The van der Waals surface area contributed by atoms with Crippen molar-refractivity contribution < 1.29 is 68.7 Å². The van der Waals surface area contributed by atoms with Gasteiger partial charge in [-0.2, -0.15) is 0 Å². The fourth-order valence-electron chi connectivity index (χ4n) is 4.49. The molecule has 14 N–H and O–H groups in total. The smallest absolute Gasteiger partial charge is 0.326 e. The van der Waals surface area contributed by atoms with Gasteiger partial charge >= 0.3 is 17.9 Å². The van der Waals surface area contributed by atoms with E-state index in [0.29, 0.717) is 5.56 Å². The summed E-state index contributed by atoms with van der Waals surface area (Å²) in [4.78, 5) is 111. The van der Waals surface area contributed by atoms with E-state index in [2.05, 4.69) is 26.6 Å². The molecule has 21 nitrogen and oxygen atoms in total. The largest absolute Gasteiger partial charge is 0.508 e. The first-order valence-corrected chi connectivity index (χ1v) is 15.9. The van der Waals surface area contributed by atoms with E-state index in [0.717, 1.165) is 0 Å². The molecule has 288 valence electrons. The number of carboxylic acid groups (broad SMARTS) is 3. The maximum absolute atomic E-state index is 13.4. The molecule has 1 aromatic rings. The Morgan fingerprint density at radius 3 is 1.63 bits per heavy atom. The Labute approximate surface area is 296 Å². The molecular weight excluding hydrogens is 694 g/mol. The maximum Gasteiger partial charge on any atom is 0.326 e. The first-order valence-electron chi connectivity index (χ1n) is 15.9. The second-order valence-electron chi connectivity index (χ2n) is 12.0. The summed E-state index contributed by atoms with van der Waals surface area (Å²) in [6.45, 7) is 1.99. The topological polar surface area (TPSA) is 367 Å². The van der Waals surface area contributed by atoms with Crippen LogP contribution in [-0.2, 0) is 49.6 Å². The van der Waals surface area contributed by atoms with Crippen molar-refractivity contribution in [3.05, 3.63) is 29.8 Å². The van der Waals surface area contributed by atoms with Crippen molar-refractivity contribution in [3.63, 3.8) is 0 Å². The fourth-order valence-corrected chi connectivity index (χ4v) is 4.49. The van der Waals surface area contributed by atoms with Crippen LogP contribution < -0.4 is 38.1 Å². The van der Waals surface area contributed by atoms with Gasteiger partial charge in [-0.25, -0.2) is 4.79 Å². The number of primary amides is 1. The minimum Gasteiger partial charge on any atom is -0.508 e. The molecule has 0 saturated heterocycles. The van der Waals surface area contributed by atoms with Crippen LogP contribution in [0.2, 0.25) is 0 Å². The van der Waals surface area contributed by atoms with E-state index in [1.54, 1.807) is 0 Å². The molecule has 0 aliphatic heterocycles. The number of benzene rings is 1. The summed E-state index contributed by atoms with van der Waals surface area (Å²) >= 11 is 0. The normalized spacial score (nSPS) is 14.3. The molecular formula is C31H45N7O14. The lowest BCUT2D eigenvalue weighted by Crippen LogP contribution is -2.60. The summed E-state index contributed by atoms with van der Waals surface area (Å²) in [5.41, 5.74) is 11.3. The van der Waals surface area contributed by atoms with Crippen LogP contribution in [0.1, 0.15) is 51.5 Å². The van der Waals surface area contributed by atoms with Crippen molar-refractivity contribution in [2.45, 2.75) is 88.6 Å². The molecule has 6 unspecified atom stereocenters. The van der Waals surface area contributed by atoms with Gasteiger partial charge in [0.1, 0.15) is 36.0 Å². The van der Waals surface area contributed by atoms with Crippen molar-refractivity contribution >= 4 is 53.4 Å². The van der Waals surface area contributed by atoms with Crippen molar-refractivity contribution in [3.8, 4) is 5.75 Å². The highest BCUT2D eigenvalue weighted by atomic mass is 16.4. The molecule has 0 bridgehead atoms. The molecule has 21 heteroatoms. The number of nitrogens with two attached hydrogens (primary N) is 2. The third kappa shape index (κ3) is 15.8. The molecule has 0 aliphatic carbocycles. The zero-order chi connectivity index (χ0) is 39.7. The Bertz CT molecular complexity index is 1470. The van der Waals surface area contributed by atoms with Crippen LogP contribution in [0.5, 0.6) is 5.75 Å². The lowest BCUT2D eigenvalue weighted by atomic mass is 10.0. The van der Waals surface area contributed by atoms with Crippen molar-refractivity contribution in [1.82, 2.24) is 26.6 Å². The van der Waals surface area contributed by atoms with Gasteiger partial charge in [-0.05, 0) is 36.5 Å². The Kier molecular flexibility index (Phi) is 18.2. The van der Waals surface area contributed by atoms with E-state index in [4.69, 9.17) is 16.6 Å². The summed E-state index contributed by atoms with van der Waals surface area (Å²) in [7, 11) is 0. The number of nitrogens with one attached hydrogen (secondary N) is 5. The van der Waals surface area contributed by atoms with Crippen molar-refractivity contribution in [1.29, 1.82) is 0 Å². The van der Waals surface area contributed by atoms with Crippen LogP contribution in [0.15, 0.2) is 24.3 Å². The third-order valence-electron chi connectivity index (χ3n) is 7.38. The molecule has 1 rings (SSSR count). The van der Waals surface area contributed by atoms with Crippen LogP contribution >= 0.6 is 0 Å². The number of hydrogen-bond acceptors (Lipinski definition) is 12. The number of carbonyl (C=O) groups excluding carboxylic acids is 6. The molecule has 1 aromatic carbocycles. The molecule has 0 aromatic heterocycles. The molecule has 0 saturated carbocycles. The fraction of sp³-hybridized carbons (Fsp3) is 0.516. The summed E-state index contributed by atoms with van der Waals surface area (Å²) in [5, 5.41) is 57.9. The van der Waals surface area contributed by atoms with Crippen LogP contribution in [0.25, 0.3) is 0 Å².